The van der Waals surface area contributed by atoms with Gasteiger partial charge in [-0.15, -0.1) is 0 Å². The Labute approximate surface area is 128 Å². The molecule has 0 saturated carbocycles. The molecule has 0 fully saturated rings. The lowest BCUT2D eigenvalue weighted by molar-refractivity contribution is -0.114. The van der Waals surface area contributed by atoms with E-state index in [1.807, 2.05) is 25.1 Å². The third kappa shape index (κ3) is 4.13. The molecule has 3 N–H and O–H groups in total. The predicted molar refractivity (Wildman–Crippen MR) is 85.9 cm³/mol. The summed E-state index contributed by atoms with van der Waals surface area (Å²) in [6, 6.07) is 10.6. The predicted octanol–water partition coefficient (Wildman–Crippen LogP) is 3.92. The van der Waals surface area contributed by atoms with Crippen LogP contribution in [-0.4, -0.2) is 11.0 Å². The average Bonchev–Trinajstić information content (AvgIpc) is 2.42. The highest BCUT2D eigenvalue weighted by atomic mass is 35.5. The molecule has 2 aromatic rings. The van der Waals surface area contributed by atoms with Gasteiger partial charge in [-0.3, -0.25) is 4.79 Å². The molecule has 110 valence electrons. The van der Waals surface area contributed by atoms with E-state index in [1.165, 1.54) is 6.92 Å². The molecular formula is C16H17ClN2O2. The van der Waals surface area contributed by atoms with Crippen LogP contribution >= 0.6 is 11.6 Å². The van der Waals surface area contributed by atoms with Crippen molar-refractivity contribution in [2.75, 3.05) is 10.6 Å². The first kappa shape index (κ1) is 15.2. The maximum atomic E-state index is 11.1. The molecule has 0 aromatic heterocycles. The first-order chi connectivity index (χ1) is 9.95. The molecule has 1 amide bonds. The SMILES string of the molecule is CC(=O)Nc1ccc(NCc2cc(Cl)ccc2O)cc1C. The molecule has 0 aliphatic carbocycles. The minimum atomic E-state index is -0.0948. The number of carbonyl (C=O) groups is 1. The Balaban J connectivity index is 2.08. The normalized spacial score (nSPS) is 10.2. The Morgan fingerprint density at radius 1 is 1.24 bits per heavy atom. The summed E-state index contributed by atoms with van der Waals surface area (Å²) in [7, 11) is 0. The van der Waals surface area contributed by atoms with Gasteiger partial charge in [0.25, 0.3) is 0 Å². The number of amides is 1. The van der Waals surface area contributed by atoms with Crippen molar-refractivity contribution in [2.45, 2.75) is 20.4 Å². The highest BCUT2D eigenvalue weighted by Gasteiger charge is 2.04. The van der Waals surface area contributed by atoms with Gasteiger partial charge in [-0.25, -0.2) is 0 Å². The average molecular weight is 305 g/mol. The summed E-state index contributed by atoms with van der Waals surface area (Å²) < 4.78 is 0. The molecule has 0 unspecified atom stereocenters. The summed E-state index contributed by atoms with van der Waals surface area (Å²) in [6.45, 7) is 3.87. The van der Waals surface area contributed by atoms with E-state index in [0.717, 1.165) is 22.5 Å². The van der Waals surface area contributed by atoms with Crippen LogP contribution in [0.5, 0.6) is 5.75 Å². The molecule has 0 atom stereocenters. The van der Waals surface area contributed by atoms with Crippen LogP contribution in [0.25, 0.3) is 0 Å². The number of hydrogen-bond donors (Lipinski definition) is 3. The monoisotopic (exact) mass is 304 g/mol. The standard InChI is InChI=1S/C16H17ClN2O2/c1-10-7-14(4-5-15(10)19-11(2)20)18-9-12-8-13(17)3-6-16(12)21/h3-8,18,21H,9H2,1-2H3,(H,19,20). The van der Waals surface area contributed by atoms with E-state index >= 15 is 0 Å². The second kappa shape index (κ2) is 6.50. The topological polar surface area (TPSA) is 61.4 Å². The molecule has 0 aliphatic rings. The molecule has 0 bridgehead atoms. The van der Waals surface area contributed by atoms with Crippen molar-refractivity contribution >= 4 is 28.9 Å². The molecule has 2 rings (SSSR count). The van der Waals surface area contributed by atoms with E-state index in [-0.39, 0.29) is 11.7 Å². The fourth-order valence-corrected chi connectivity index (χ4v) is 2.19. The van der Waals surface area contributed by atoms with E-state index in [9.17, 15) is 9.90 Å². The van der Waals surface area contributed by atoms with E-state index in [2.05, 4.69) is 10.6 Å². The second-order valence-corrected chi connectivity index (χ2v) is 5.27. The van der Waals surface area contributed by atoms with E-state index in [4.69, 9.17) is 11.6 Å². The first-order valence-electron chi connectivity index (χ1n) is 6.55. The Hall–Kier alpha value is -2.20. The summed E-state index contributed by atoms with van der Waals surface area (Å²) in [5, 5.41) is 16.3. The lowest BCUT2D eigenvalue weighted by Gasteiger charge is -2.12. The van der Waals surface area contributed by atoms with Gasteiger partial charge in [-0.05, 0) is 48.9 Å². The Morgan fingerprint density at radius 3 is 2.67 bits per heavy atom. The summed E-state index contributed by atoms with van der Waals surface area (Å²) in [6.07, 6.45) is 0. The van der Waals surface area contributed by atoms with Crippen molar-refractivity contribution in [1.82, 2.24) is 0 Å². The van der Waals surface area contributed by atoms with Crippen molar-refractivity contribution in [3.63, 3.8) is 0 Å². The molecule has 4 nitrogen and oxygen atoms in total. The van der Waals surface area contributed by atoms with Gasteiger partial charge in [0.1, 0.15) is 5.75 Å². The van der Waals surface area contributed by atoms with Crippen molar-refractivity contribution in [2.24, 2.45) is 0 Å². The van der Waals surface area contributed by atoms with Gasteiger partial charge in [0.2, 0.25) is 5.91 Å². The maximum Gasteiger partial charge on any atom is 0.221 e. The maximum absolute atomic E-state index is 11.1. The number of anilines is 2. The number of nitrogens with one attached hydrogen (secondary N) is 2. The number of halogens is 1. The number of aryl methyl sites for hydroxylation is 1. The zero-order valence-corrected chi connectivity index (χ0v) is 12.7. The second-order valence-electron chi connectivity index (χ2n) is 4.84. The molecule has 0 aliphatic heterocycles. The number of phenols is 1. The van der Waals surface area contributed by atoms with E-state index < -0.39 is 0 Å². The first-order valence-corrected chi connectivity index (χ1v) is 6.93. The number of phenolic OH excluding ortho intramolecular Hbond substituents is 1. The van der Waals surface area contributed by atoms with Gasteiger partial charge in [0.05, 0.1) is 0 Å². The molecule has 0 heterocycles. The van der Waals surface area contributed by atoms with E-state index in [0.29, 0.717) is 11.6 Å². The lowest BCUT2D eigenvalue weighted by Crippen LogP contribution is -2.07. The number of carbonyl (C=O) groups excluding carboxylic acids is 1. The molecule has 0 spiro atoms. The van der Waals surface area contributed by atoms with Crippen LogP contribution in [-0.2, 0) is 11.3 Å². The summed E-state index contributed by atoms with van der Waals surface area (Å²) in [5.74, 6) is 0.112. The summed E-state index contributed by atoms with van der Waals surface area (Å²) >= 11 is 5.91. The van der Waals surface area contributed by atoms with Crippen LogP contribution in [0.1, 0.15) is 18.1 Å². The lowest BCUT2D eigenvalue weighted by atomic mass is 10.1. The molecule has 0 radical (unpaired) electrons. The number of rotatable bonds is 4. The molecular weight excluding hydrogens is 288 g/mol. The van der Waals surface area contributed by atoms with Crippen LogP contribution in [0.4, 0.5) is 11.4 Å². The minimum absolute atomic E-state index is 0.0948. The third-order valence-corrected chi connectivity index (χ3v) is 3.30. The highest BCUT2D eigenvalue weighted by molar-refractivity contribution is 6.30. The smallest absolute Gasteiger partial charge is 0.221 e. The van der Waals surface area contributed by atoms with Crippen LogP contribution in [0.2, 0.25) is 5.02 Å². The van der Waals surface area contributed by atoms with Crippen LogP contribution in [0.15, 0.2) is 36.4 Å². The fourth-order valence-electron chi connectivity index (χ4n) is 2.00. The van der Waals surface area contributed by atoms with Gasteiger partial charge < -0.3 is 15.7 Å². The zero-order valence-electron chi connectivity index (χ0n) is 11.9. The molecule has 2 aromatic carbocycles. The molecule has 0 saturated heterocycles. The van der Waals surface area contributed by atoms with Gasteiger partial charge in [0, 0.05) is 35.4 Å². The van der Waals surface area contributed by atoms with Crippen molar-refractivity contribution < 1.29 is 9.90 Å². The van der Waals surface area contributed by atoms with Crippen LogP contribution < -0.4 is 10.6 Å². The quantitative estimate of drug-likeness (QED) is 0.802. The van der Waals surface area contributed by atoms with Crippen molar-refractivity contribution in [1.29, 1.82) is 0 Å². The molecule has 5 heteroatoms. The van der Waals surface area contributed by atoms with Crippen LogP contribution in [0.3, 0.4) is 0 Å². The summed E-state index contributed by atoms with van der Waals surface area (Å²) in [4.78, 5) is 11.1. The van der Waals surface area contributed by atoms with Crippen LogP contribution in [0, 0.1) is 6.92 Å². The van der Waals surface area contributed by atoms with Gasteiger partial charge in [-0.1, -0.05) is 11.6 Å². The summed E-state index contributed by atoms with van der Waals surface area (Å²) in [5.41, 5.74) is 3.39. The third-order valence-electron chi connectivity index (χ3n) is 3.06. The Bertz CT molecular complexity index is 671. The van der Waals surface area contributed by atoms with Gasteiger partial charge in [0.15, 0.2) is 0 Å². The minimum Gasteiger partial charge on any atom is -0.508 e. The highest BCUT2D eigenvalue weighted by Crippen LogP contribution is 2.24. The Kier molecular flexibility index (Phi) is 4.70. The number of hydrogen-bond acceptors (Lipinski definition) is 3. The van der Waals surface area contributed by atoms with Crippen molar-refractivity contribution in [3.05, 3.63) is 52.5 Å². The van der Waals surface area contributed by atoms with Gasteiger partial charge >= 0.3 is 0 Å². The zero-order chi connectivity index (χ0) is 15.4. The number of benzene rings is 2. The number of aromatic hydroxyl groups is 1. The largest absolute Gasteiger partial charge is 0.508 e. The fraction of sp³-hybridized carbons (Fsp3) is 0.188. The van der Waals surface area contributed by atoms with E-state index in [1.54, 1.807) is 18.2 Å². The Morgan fingerprint density at radius 2 is 2.00 bits per heavy atom. The molecule has 21 heavy (non-hydrogen) atoms. The van der Waals surface area contributed by atoms with Crippen molar-refractivity contribution in [3.8, 4) is 5.75 Å². The van der Waals surface area contributed by atoms with Gasteiger partial charge in [-0.2, -0.15) is 0 Å².